The molecular weight excluding hydrogens is 346 g/mol. The van der Waals surface area contributed by atoms with Crippen LogP contribution in [0.3, 0.4) is 0 Å². The van der Waals surface area contributed by atoms with Gasteiger partial charge in [-0.05, 0) is 18.6 Å². The van der Waals surface area contributed by atoms with E-state index in [-0.39, 0.29) is 23.6 Å². The van der Waals surface area contributed by atoms with Crippen molar-refractivity contribution in [1.82, 2.24) is 20.2 Å². The standard InChI is InChI=1S/C19H23N5O3/c1-23(2)19(27)15-10-20-11-17(21-15)24-9-8-14(16(25)12-24)22-18(26)13-6-4-3-5-7-13/h3-7,10-11,14,16,25H,8-9,12H2,1-2H3,(H,22,26)/t14-,16-/m1/s1. The Morgan fingerprint density at radius 2 is 1.96 bits per heavy atom. The van der Waals surface area contributed by atoms with Crippen molar-refractivity contribution in [2.24, 2.45) is 0 Å². The first-order chi connectivity index (χ1) is 13.0. The summed E-state index contributed by atoms with van der Waals surface area (Å²) in [6.45, 7) is 0.888. The topological polar surface area (TPSA) is 98.7 Å². The van der Waals surface area contributed by atoms with Crippen molar-refractivity contribution in [2.45, 2.75) is 18.6 Å². The number of amides is 2. The molecule has 2 amide bonds. The number of benzene rings is 1. The molecule has 0 saturated carbocycles. The molecule has 142 valence electrons. The molecule has 2 atom stereocenters. The lowest BCUT2D eigenvalue weighted by Gasteiger charge is -2.36. The van der Waals surface area contributed by atoms with E-state index in [1.807, 2.05) is 11.0 Å². The summed E-state index contributed by atoms with van der Waals surface area (Å²) in [4.78, 5) is 36.1. The second kappa shape index (κ2) is 8.13. The van der Waals surface area contributed by atoms with Crippen molar-refractivity contribution in [2.75, 3.05) is 32.1 Å². The van der Waals surface area contributed by atoms with Crippen molar-refractivity contribution >= 4 is 17.6 Å². The largest absolute Gasteiger partial charge is 0.389 e. The number of anilines is 1. The lowest BCUT2D eigenvalue weighted by atomic mass is 10.0. The lowest BCUT2D eigenvalue weighted by molar-refractivity contribution is 0.0794. The van der Waals surface area contributed by atoms with Crippen molar-refractivity contribution in [3.05, 3.63) is 54.0 Å². The van der Waals surface area contributed by atoms with Crippen LogP contribution in [0.4, 0.5) is 5.82 Å². The number of rotatable bonds is 4. The molecule has 8 nitrogen and oxygen atoms in total. The van der Waals surface area contributed by atoms with Crippen LogP contribution in [0.2, 0.25) is 0 Å². The molecule has 1 saturated heterocycles. The Hall–Kier alpha value is -3.00. The van der Waals surface area contributed by atoms with Crippen molar-refractivity contribution < 1.29 is 14.7 Å². The van der Waals surface area contributed by atoms with Gasteiger partial charge in [-0.1, -0.05) is 18.2 Å². The summed E-state index contributed by atoms with van der Waals surface area (Å²) in [5.74, 6) is 0.107. The zero-order valence-electron chi connectivity index (χ0n) is 15.4. The fraction of sp³-hybridized carbons (Fsp3) is 0.368. The molecule has 1 aliphatic rings. The maximum atomic E-state index is 12.3. The Morgan fingerprint density at radius 3 is 2.63 bits per heavy atom. The molecule has 0 bridgehead atoms. The number of carbonyl (C=O) groups is 2. The van der Waals surface area contributed by atoms with E-state index in [1.165, 1.54) is 11.1 Å². The van der Waals surface area contributed by atoms with E-state index in [2.05, 4.69) is 15.3 Å². The van der Waals surface area contributed by atoms with E-state index in [0.717, 1.165) is 0 Å². The maximum Gasteiger partial charge on any atom is 0.273 e. The molecule has 2 aromatic rings. The number of β-amino-alcohol motifs (C(OH)–C–C–N with tert-alkyl or cyclic N) is 1. The molecule has 0 aliphatic carbocycles. The molecule has 27 heavy (non-hydrogen) atoms. The summed E-state index contributed by atoms with van der Waals surface area (Å²) in [5.41, 5.74) is 0.819. The van der Waals surface area contributed by atoms with E-state index in [4.69, 9.17) is 0 Å². The number of aliphatic hydroxyl groups is 1. The van der Waals surface area contributed by atoms with Gasteiger partial charge in [-0.2, -0.15) is 0 Å². The first-order valence-electron chi connectivity index (χ1n) is 8.78. The summed E-state index contributed by atoms with van der Waals surface area (Å²) >= 11 is 0. The molecule has 2 heterocycles. The Bertz CT molecular complexity index is 812. The molecule has 1 aromatic heterocycles. The van der Waals surface area contributed by atoms with Crippen LogP contribution >= 0.6 is 0 Å². The third-order valence-corrected chi connectivity index (χ3v) is 4.51. The Kier molecular flexibility index (Phi) is 5.66. The average Bonchev–Trinajstić information content (AvgIpc) is 2.69. The number of piperidine rings is 1. The molecular formula is C19H23N5O3. The highest BCUT2D eigenvalue weighted by molar-refractivity contribution is 5.94. The van der Waals surface area contributed by atoms with E-state index in [9.17, 15) is 14.7 Å². The minimum Gasteiger partial charge on any atom is -0.389 e. The number of carbonyl (C=O) groups excluding carboxylic acids is 2. The Balaban J connectivity index is 1.64. The first kappa shape index (κ1) is 18.8. The Morgan fingerprint density at radius 1 is 1.22 bits per heavy atom. The molecule has 8 heteroatoms. The lowest BCUT2D eigenvalue weighted by Crippen LogP contribution is -2.54. The molecule has 1 aliphatic heterocycles. The highest BCUT2D eigenvalue weighted by atomic mass is 16.3. The number of nitrogens with one attached hydrogen (secondary N) is 1. The number of hydrogen-bond donors (Lipinski definition) is 2. The Labute approximate surface area is 157 Å². The zero-order chi connectivity index (χ0) is 19.4. The van der Waals surface area contributed by atoms with Gasteiger partial charge in [-0.25, -0.2) is 4.98 Å². The molecule has 1 aromatic carbocycles. The van der Waals surface area contributed by atoms with E-state index >= 15 is 0 Å². The van der Waals surface area contributed by atoms with Gasteiger partial charge >= 0.3 is 0 Å². The summed E-state index contributed by atoms with van der Waals surface area (Å²) < 4.78 is 0. The fourth-order valence-corrected chi connectivity index (χ4v) is 2.99. The number of aromatic nitrogens is 2. The van der Waals surface area contributed by atoms with Gasteiger partial charge < -0.3 is 20.2 Å². The van der Waals surface area contributed by atoms with Crippen LogP contribution in [0.5, 0.6) is 0 Å². The normalized spacial score (nSPS) is 19.4. The summed E-state index contributed by atoms with van der Waals surface area (Å²) in [5, 5.41) is 13.4. The van der Waals surface area contributed by atoms with E-state index in [1.54, 1.807) is 44.6 Å². The van der Waals surface area contributed by atoms with E-state index in [0.29, 0.717) is 30.9 Å². The third kappa shape index (κ3) is 4.40. The summed E-state index contributed by atoms with van der Waals surface area (Å²) in [6.07, 6.45) is 2.81. The quantitative estimate of drug-likeness (QED) is 0.817. The van der Waals surface area contributed by atoms with Gasteiger partial charge in [0.2, 0.25) is 0 Å². The fourth-order valence-electron chi connectivity index (χ4n) is 2.99. The number of hydrogen-bond acceptors (Lipinski definition) is 6. The predicted molar refractivity (Wildman–Crippen MR) is 101 cm³/mol. The SMILES string of the molecule is CN(C)C(=O)c1cncc(N2CC[C@@H](NC(=O)c3ccccc3)[C@H](O)C2)n1. The zero-order valence-corrected chi connectivity index (χ0v) is 15.4. The first-order valence-corrected chi connectivity index (χ1v) is 8.78. The summed E-state index contributed by atoms with van der Waals surface area (Å²) in [6, 6.07) is 8.58. The summed E-state index contributed by atoms with van der Waals surface area (Å²) in [7, 11) is 3.31. The van der Waals surface area contributed by atoms with Gasteiger partial charge in [0.15, 0.2) is 0 Å². The molecule has 0 spiro atoms. The minimum absolute atomic E-state index is 0.202. The van der Waals surface area contributed by atoms with Crippen LogP contribution in [0.15, 0.2) is 42.7 Å². The van der Waals surface area contributed by atoms with Crippen molar-refractivity contribution in [3.8, 4) is 0 Å². The second-order valence-corrected chi connectivity index (χ2v) is 6.71. The molecule has 0 unspecified atom stereocenters. The van der Waals surface area contributed by atoms with Crippen LogP contribution in [-0.2, 0) is 0 Å². The monoisotopic (exact) mass is 369 g/mol. The molecule has 0 radical (unpaired) electrons. The van der Waals surface area contributed by atoms with Gasteiger partial charge in [0.25, 0.3) is 11.8 Å². The van der Waals surface area contributed by atoms with Crippen LogP contribution < -0.4 is 10.2 Å². The van der Waals surface area contributed by atoms with E-state index < -0.39 is 6.10 Å². The van der Waals surface area contributed by atoms with Gasteiger partial charge in [-0.3, -0.25) is 14.6 Å². The third-order valence-electron chi connectivity index (χ3n) is 4.51. The average molecular weight is 369 g/mol. The van der Waals surface area contributed by atoms with Gasteiger partial charge in [0.1, 0.15) is 11.5 Å². The van der Waals surface area contributed by atoms with Gasteiger partial charge in [0.05, 0.1) is 24.5 Å². The molecule has 3 rings (SSSR count). The minimum atomic E-state index is -0.749. The van der Waals surface area contributed by atoms with Crippen LogP contribution in [-0.4, -0.2) is 71.1 Å². The maximum absolute atomic E-state index is 12.3. The van der Waals surface area contributed by atoms with Crippen LogP contribution in [0, 0.1) is 0 Å². The highest BCUT2D eigenvalue weighted by Gasteiger charge is 2.30. The second-order valence-electron chi connectivity index (χ2n) is 6.71. The number of aliphatic hydroxyl groups excluding tert-OH is 1. The van der Waals surface area contributed by atoms with Gasteiger partial charge in [0, 0.05) is 32.7 Å². The smallest absolute Gasteiger partial charge is 0.273 e. The van der Waals surface area contributed by atoms with Gasteiger partial charge in [-0.15, -0.1) is 0 Å². The van der Waals surface area contributed by atoms with Crippen molar-refractivity contribution in [1.29, 1.82) is 0 Å². The molecule has 2 N–H and O–H groups in total. The molecule has 1 fully saturated rings. The predicted octanol–water partition coefficient (Wildman–Crippen LogP) is 0.548. The van der Waals surface area contributed by atoms with Crippen molar-refractivity contribution in [3.63, 3.8) is 0 Å². The number of nitrogens with zero attached hydrogens (tertiary/aromatic N) is 4. The van der Waals surface area contributed by atoms with Crippen LogP contribution in [0.1, 0.15) is 27.3 Å². The van der Waals surface area contributed by atoms with Crippen LogP contribution in [0.25, 0.3) is 0 Å². The highest BCUT2D eigenvalue weighted by Crippen LogP contribution is 2.18.